The molecule has 0 radical (unpaired) electrons. The predicted octanol–water partition coefficient (Wildman–Crippen LogP) is 0.908. The topological polar surface area (TPSA) is 80.5 Å². The van der Waals surface area contributed by atoms with Crippen LogP contribution in [0.3, 0.4) is 0 Å². The van der Waals surface area contributed by atoms with Gasteiger partial charge < -0.3 is 4.90 Å². The molecular formula is C12H15FN2O3S. The van der Waals surface area contributed by atoms with Gasteiger partial charge >= 0.3 is 0 Å². The maximum atomic E-state index is 13.0. The average molecular weight is 286 g/mol. The predicted molar refractivity (Wildman–Crippen MR) is 67.8 cm³/mol. The number of alkyl halides is 1. The second kappa shape index (κ2) is 5.26. The average Bonchev–Trinajstić information content (AvgIpc) is 2.38. The number of carbonyl (C=O) groups is 1. The van der Waals surface area contributed by atoms with Crippen molar-refractivity contribution >= 4 is 15.9 Å². The zero-order chi connectivity index (χ0) is 14.0. The van der Waals surface area contributed by atoms with Gasteiger partial charge in [0.2, 0.25) is 10.0 Å². The van der Waals surface area contributed by atoms with Crippen LogP contribution < -0.4 is 5.14 Å². The SMILES string of the molecule is NS(=O)(=O)c1ccc(C(=O)N2CCC(F)CC2)cc1. The zero-order valence-electron chi connectivity index (χ0n) is 10.3. The Kier molecular flexibility index (Phi) is 3.86. The van der Waals surface area contributed by atoms with Gasteiger partial charge in [-0.15, -0.1) is 0 Å². The van der Waals surface area contributed by atoms with Crippen LogP contribution in [0.4, 0.5) is 4.39 Å². The standard InChI is InChI=1S/C12H15FN2O3S/c13-10-5-7-15(8-6-10)12(16)9-1-3-11(4-2-9)19(14,17)18/h1-4,10H,5-8H2,(H2,14,17,18). The Labute approximate surface area is 111 Å². The van der Waals surface area contributed by atoms with Crippen LogP contribution >= 0.6 is 0 Å². The Morgan fingerprint density at radius 2 is 1.74 bits per heavy atom. The number of benzene rings is 1. The molecule has 0 saturated carbocycles. The van der Waals surface area contributed by atoms with Gasteiger partial charge in [0.05, 0.1) is 4.90 Å². The van der Waals surface area contributed by atoms with Gasteiger partial charge in [0, 0.05) is 18.7 Å². The molecule has 19 heavy (non-hydrogen) atoms. The second-order valence-electron chi connectivity index (χ2n) is 4.54. The van der Waals surface area contributed by atoms with E-state index in [2.05, 4.69) is 0 Å². The lowest BCUT2D eigenvalue weighted by Gasteiger charge is -2.28. The van der Waals surface area contributed by atoms with Crippen molar-refractivity contribution in [2.24, 2.45) is 5.14 Å². The molecule has 2 N–H and O–H groups in total. The Morgan fingerprint density at radius 3 is 2.21 bits per heavy atom. The third-order valence-corrected chi connectivity index (χ3v) is 4.07. The normalized spacial score (nSPS) is 17.5. The van der Waals surface area contributed by atoms with Crippen molar-refractivity contribution in [1.29, 1.82) is 0 Å². The van der Waals surface area contributed by atoms with E-state index in [0.29, 0.717) is 31.5 Å². The monoisotopic (exact) mass is 286 g/mol. The quantitative estimate of drug-likeness (QED) is 0.877. The third kappa shape index (κ3) is 3.30. The van der Waals surface area contributed by atoms with Crippen molar-refractivity contribution in [3.05, 3.63) is 29.8 Å². The first-order valence-electron chi connectivity index (χ1n) is 5.94. The molecule has 1 amide bonds. The van der Waals surface area contributed by atoms with E-state index in [-0.39, 0.29) is 10.8 Å². The fourth-order valence-corrected chi connectivity index (χ4v) is 2.54. The van der Waals surface area contributed by atoms with Crippen LogP contribution in [0.5, 0.6) is 0 Å². The van der Waals surface area contributed by atoms with Gasteiger partial charge in [-0.3, -0.25) is 4.79 Å². The molecular weight excluding hydrogens is 271 g/mol. The minimum absolute atomic E-state index is 0.0356. The summed E-state index contributed by atoms with van der Waals surface area (Å²) in [5.74, 6) is -0.215. The van der Waals surface area contributed by atoms with Crippen LogP contribution in [-0.4, -0.2) is 38.5 Å². The summed E-state index contributed by atoms with van der Waals surface area (Å²) in [7, 11) is -3.75. The van der Waals surface area contributed by atoms with E-state index in [0.717, 1.165) is 0 Å². The fourth-order valence-electron chi connectivity index (χ4n) is 2.02. The summed E-state index contributed by atoms with van der Waals surface area (Å²) < 4.78 is 35.2. The maximum Gasteiger partial charge on any atom is 0.253 e. The molecule has 1 heterocycles. The van der Waals surface area contributed by atoms with Gasteiger partial charge in [0.1, 0.15) is 6.17 Å². The molecule has 1 fully saturated rings. The minimum Gasteiger partial charge on any atom is -0.338 e. The summed E-state index contributed by atoms with van der Waals surface area (Å²) in [4.78, 5) is 13.6. The number of nitrogens with zero attached hydrogens (tertiary/aromatic N) is 1. The largest absolute Gasteiger partial charge is 0.338 e. The summed E-state index contributed by atoms with van der Waals surface area (Å²) in [6, 6.07) is 5.43. The highest BCUT2D eigenvalue weighted by Gasteiger charge is 2.23. The van der Waals surface area contributed by atoms with Crippen LogP contribution in [0.15, 0.2) is 29.2 Å². The van der Waals surface area contributed by atoms with E-state index in [9.17, 15) is 17.6 Å². The first-order chi connectivity index (χ1) is 8.88. The Morgan fingerprint density at radius 1 is 1.21 bits per heavy atom. The Bertz CT molecular complexity index is 563. The van der Waals surface area contributed by atoms with Gasteiger partial charge in [0.15, 0.2) is 0 Å². The van der Waals surface area contributed by atoms with Crippen LogP contribution in [0, 0.1) is 0 Å². The Balaban J connectivity index is 2.12. The molecule has 0 aromatic heterocycles. The van der Waals surface area contributed by atoms with Crippen molar-refractivity contribution in [3.8, 4) is 0 Å². The maximum absolute atomic E-state index is 13.0. The van der Waals surface area contributed by atoms with Crippen LogP contribution in [0.2, 0.25) is 0 Å². The number of hydrogen-bond donors (Lipinski definition) is 1. The highest BCUT2D eigenvalue weighted by Crippen LogP contribution is 2.17. The lowest BCUT2D eigenvalue weighted by atomic mass is 10.1. The highest BCUT2D eigenvalue weighted by atomic mass is 32.2. The highest BCUT2D eigenvalue weighted by molar-refractivity contribution is 7.89. The molecule has 0 unspecified atom stereocenters. The van der Waals surface area contributed by atoms with E-state index in [4.69, 9.17) is 5.14 Å². The lowest BCUT2D eigenvalue weighted by molar-refractivity contribution is 0.0667. The molecule has 1 aliphatic heterocycles. The van der Waals surface area contributed by atoms with Crippen LogP contribution in [0.1, 0.15) is 23.2 Å². The van der Waals surface area contributed by atoms with Gasteiger partial charge in [-0.2, -0.15) is 0 Å². The van der Waals surface area contributed by atoms with Gasteiger partial charge in [-0.25, -0.2) is 17.9 Å². The summed E-state index contributed by atoms with van der Waals surface area (Å²) in [6.45, 7) is 0.772. The van der Waals surface area contributed by atoms with Crippen LogP contribution in [0.25, 0.3) is 0 Å². The summed E-state index contributed by atoms with van der Waals surface area (Å²) in [5, 5.41) is 4.98. The Hall–Kier alpha value is -1.47. The van der Waals surface area contributed by atoms with E-state index in [1.54, 1.807) is 4.90 Å². The molecule has 7 heteroatoms. The number of rotatable bonds is 2. The number of halogens is 1. The number of likely N-dealkylation sites (tertiary alicyclic amines) is 1. The van der Waals surface area contributed by atoms with Crippen molar-refractivity contribution in [1.82, 2.24) is 4.90 Å². The van der Waals surface area contributed by atoms with Gasteiger partial charge in [0.25, 0.3) is 5.91 Å². The van der Waals surface area contributed by atoms with Crippen molar-refractivity contribution in [2.45, 2.75) is 23.9 Å². The molecule has 104 valence electrons. The lowest BCUT2D eigenvalue weighted by Crippen LogP contribution is -2.39. The number of hydrogen-bond acceptors (Lipinski definition) is 3. The number of primary sulfonamides is 1. The summed E-state index contributed by atoms with van der Waals surface area (Å²) in [6.07, 6.45) is -0.143. The molecule has 1 aliphatic rings. The number of carbonyl (C=O) groups excluding carboxylic acids is 1. The molecule has 0 atom stereocenters. The van der Waals surface area contributed by atoms with Crippen molar-refractivity contribution < 1.29 is 17.6 Å². The number of amides is 1. The minimum atomic E-state index is -3.75. The third-order valence-electron chi connectivity index (χ3n) is 3.14. The molecule has 0 aliphatic carbocycles. The van der Waals surface area contributed by atoms with E-state index in [1.807, 2.05) is 0 Å². The molecule has 5 nitrogen and oxygen atoms in total. The van der Waals surface area contributed by atoms with Crippen molar-refractivity contribution in [2.75, 3.05) is 13.1 Å². The number of sulfonamides is 1. The molecule has 0 spiro atoms. The van der Waals surface area contributed by atoms with E-state index < -0.39 is 16.2 Å². The van der Waals surface area contributed by atoms with Gasteiger partial charge in [-0.1, -0.05) is 0 Å². The molecule has 2 rings (SSSR count). The fraction of sp³-hybridized carbons (Fsp3) is 0.417. The first-order valence-corrected chi connectivity index (χ1v) is 7.49. The molecule has 1 saturated heterocycles. The second-order valence-corrected chi connectivity index (χ2v) is 6.10. The summed E-state index contributed by atoms with van der Waals surface area (Å²) >= 11 is 0. The van der Waals surface area contributed by atoms with E-state index >= 15 is 0 Å². The smallest absolute Gasteiger partial charge is 0.253 e. The number of nitrogens with two attached hydrogens (primary N) is 1. The molecule has 1 aromatic rings. The molecule has 1 aromatic carbocycles. The zero-order valence-corrected chi connectivity index (χ0v) is 11.1. The first kappa shape index (κ1) is 14.0. The van der Waals surface area contributed by atoms with Crippen LogP contribution in [-0.2, 0) is 10.0 Å². The van der Waals surface area contributed by atoms with E-state index in [1.165, 1.54) is 24.3 Å². The molecule has 0 bridgehead atoms. The van der Waals surface area contributed by atoms with Gasteiger partial charge in [-0.05, 0) is 37.1 Å². The van der Waals surface area contributed by atoms with Crippen molar-refractivity contribution in [3.63, 3.8) is 0 Å². The number of piperidine rings is 1. The summed E-state index contributed by atoms with van der Waals surface area (Å²) in [5.41, 5.74) is 0.379.